The molecule has 0 aliphatic carbocycles. The molecule has 1 aliphatic heterocycles. The van der Waals surface area contributed by atoms with Gasteiger partial charge < -0.3 is 29.9 Å². The van der Waals surface area contributed by atoms with E-state index in [-0.39, 0.29) is 12.7 Å². The monoisotopic (exact) mass is 449 g/mol. The van der Waals surface area contributed by atoms with Gasteiger partial charge in [-0.1, -0.05) is 19.9 Å². The molecule has 8 heteroatoms. The molecule has 0 amide bonds. The number of nitrogens with zero attached hydrogens (tertiary/aromatic N) is 2. The van der Waals surface area contributed by atoms with Crippen molar-refractivity contribution >= 4 is 11.3 Å². The first kappa shape index (κ1) is 23.9. The molecular weight excluding hydrogens is 414 g/mol. The first-order valence-electron chi connectivity index (χ1n) is 11.0. The second-order valence-corrected chi connectivity index (χ2v) is 9.31. The summed E-state index contributed by atoms with van der Waals surface area (Å²) in [6.07, 6.45) is 0.729. The highest BCUT2D eigenvalue weighted by Gasteiger charge is 2.20. The molecule has 1 aromatic carbocycles. The van der Waals surface area contributed by atoms with E-state index in [1.807, 2.05) is 18.2 Å². The SMILES string of the molecule is COc1cc(CNCc2csc(C(C)C)n2)ccc1OC[C@H](O)CN1CCC(O)CC1. The van der Waals surface area contributed by atoms with Crippen LogP contribution in [-0.4, -0.2) is 65.7 Å². The second-order valence-electron chi connectivity index (χ2n) is 8.42. The van der Waals surface area contributed by atoms with Gasteiger partial charge in [-0.05, 0) is 30.5 Å². The van der Waals surface area contributed by atoms with Crippen LogP contribution in [-0.2, 0) is 13.1 Å². The van der Waals surface area contributed by atoms with E-state index in [4.69, 9.17) is 9.47 Å². The smallest absolute Gasteiger partial charge is 0.161 e. The number of nitrogens with one attached hydrogen (secondary N) is 1. The van der Waals surface area contributed by atoms with Crippen molar-refractivity contribution in [1.82, 2.24) is 15.2 Å². The Morgan fingerprint density at radius 3 is 2.68 bits per heavy atom. The molecule has 0 bridgehead atoms. The molecule has 1 saturated heterocycles. The van der Waals surface area contributed by atoms with Crippen molar-refractivity contribution in [1.29, 1.82) is 0 Å². The minimum atomic E-state index is -0.588. The Bertz CT molecular complexity index is 806. The fourth-order valence-electron chi connectivity index (χ4n) is 3.58. The zero-order valence-electron chi connectivity index (χ0n) is 18.7. The predicted octanol–water partition coefficient (Wildman–Crippen LogP) is 2.76. The highest BCUT2D eigenvalue weighted by Crippen LogP contribution is 2.28. The van der Waals surface area contributed by atoms with E-state index in [1.165, 1.54) is 5.01 Å². The number of ether oxygens (including phenoxy) is 2. The number of hydrogen-bond acceptors (Lipinski definition) is 8. The Morgan fingerprint density at radius 2 is 2.00 bits per heavy atom. The molecule has 2 aromatic rings. The van der Waals surface area contributed by atoms with Gasteiger partial charge >= 0.3 is 0 Å². The van der Waals surface area contributed by atoms with Crippen LogP contribution in [0, 0.1) is 0 Å². The Hall–Kier alpha value is -1.71. The van der Waals surface area contributed by atoms with Gasteiger partial charge in [0.25, 0.3) is 0 Å². The van der Waals surface area contributed by atoms with E-state index in [9.17, 15) is 10.2 Å². The highest BCUT2D eigenvalue weighted by atomic mass is 32.1. The van der Waals surface area contributed by atoms with Crippen LogP contribution in [0.4, 0.5) is 0 Å². The minimum absolute atomic E-state index is 0.203. The van der Waals surface area contributed by atoms with Crippen molar-refractivity contribution < 1.29 is 19.7 Å². The summed E-state index contributed by atoms with van der Waals surface area (Å²) < 4.78 is 11.3. The quantitative estimate of drug-likeness (QED) is 0.486. The van der Waals surface area contributed by atoms with Crippen molar-refractivity contribution in [2.45, 2.75) is 57.9 Å². The lowest BCUT2D eigenvalue weighted by atomic mass is 10.1. The van der Waals surface area contributed by atoms with Crippen molar-refractivity contribution in [2.75, 3.05) is 33.4 Å². The van der Waals surface area contributed by atoms with Crippen LogP contribution in [0.25, 0.3) is 0 Å². The summed E-state index contributed by atoms with van der Waals surface area (Å²) in [6, 6.07) is 5.85. The third-order valence-electron chi connectivity index (χ3n) is 5.38. The van der Waals surface area contributed by atoms with Gasteiger partial charge in [0.2, 0.25) is 0 Å². The lowest BCUT2D eigenvalue weighted by Gasteiger charge is -2.30. The molecule has 1 aliphatic rings. The molecule has 0 spiro atoms. The molecule has 172 valence electrons. The summed E-state index contributed by atoms with van der Waals surface area (Å²) >= 11 is 1.71. The third kappa shape index (κ3) is 7.43. The summed E-state index contributed by atoms with van der Waals surface area (Å²) in [6.45, 7) is 8.11. The number of aliphatic hydroxyl groups excluding tert-OH is 2. The number of rotatable bonds is 11. The van der Waals surface area contributed by atoms with E-state index in [0.717, 1.165) is 43.7 Å². The average Bonchev–Trinajstić information content (AvgIpc) is 3.23. The largest absolute Gasteiger partial charge is 0.493 e. The number of β-amino-alcohol motifs (C(OH)–C–C–N with tert-alkyl or cyclic N) is 1. The Morgan fingerprint density at radius 1 is 1.23 bits per heavy atom. The van der Waals surface area contributed by atoms with Crippen molar-refractivity contribution in [2.24, 2.45) is 0 Å². The molecule has 2 heterocycles. The van der Waals surface area contributed by atoms with Gasteiger partial charge in [-0.15, -0.1) is 11.3 Å². The van der Waals surface area contributed by atoms with Gasteiger partial charge in [-0.2, -0.15) is 0 Å². The molecular formula is C23H35N3O4S. The number of likely N-dealkylation sites (tertiary alicyclic amines) is 1. The number of aliphatic hydroxyl groups is 2. The summed E-state index contributed by atoms with van der Waals surface area (Å²) in [5.74, 6) is 1.74. The topological polar surface area (TPSA) is 87.1 Å². The molecule has 1 aromatic heterocycles. The molecule has 0 radical (unpaired) electrons. The Kier molecular flexibility index (Phi) is 9.10. The van der Waals surface area contributed by atoms with Crippen LogP contribution in [0.5, 0.6) is 11.5 Å². The fourth-order valence-corrected chi connectivity index (χ4v) is 4.42. The summed E-state index contributed by atoms with van der Waals surface area (Å²) in [7, 11) is 1.62. The predicted molar refractivity (Wildman–Crippen MR) is 123 cm³/mol. The normalized spacial score (nSPS) is 16.6. The first-order valence-corrected chi connectivity index (χ1v) is 11.9. The van der Waals surface area contributed by atoms with Crippen LogP contribution in [0.2, 0.25) is 0 Å². The maximum atomic E-state index is 10.3. The highest BCUT2D eigenvalue weighted by molar-refractivity contribution is 7.09. The van der Waals surface area contributed by atoms with Crippen LogP contribution in [0.3, 0.4) is 0 Å². The molecule has 1 fully saturated rings. The molecule has 7 nitrogen and oxygen atoms in total. The number of methoxy groups -OCH3 is 1. The fraction of sp³-hybridized carbons (Fsp3) is 0.609. The summed E-state index contributed by atoms with van der Waals surface area (Å²) in [5, 5.41) is 26.6. The molecule has 3 rings (SSSR count). The maximum Gasteiger partial charge on any atom is 0.161 e. The zero-order chi connectivity index (χ0) is 22.2. The molecule has 0 saturated carbocycles. The number of aromatic nitrogens is 1. The Balaban J connectivity index is 1.45. The molecule has 31 heavy (non-hydrogen) atoms. The zero-order valence-corrected chi connectivity index (χ0v) is 19.5. The lowest BCUT2D eigenvalue weighted by molar-refractivity contribution is 0.0333. The van der Waals surface area contributed by atoms with Gasteiger partial charge in [0.05, 0.1) is 23.9 Å². The van der Waals surface area contributed by atoms with Gasteiger partial charge in [0.1, 0.15) is 12.7 Å². The summed E-state index contributed by atoms with van der Waals surface area (Å²) in [5.41, 5.74) is 2.16. The third-order valence-corrected chi connectivity index (χ3v) is 6.58. The molecule has 1 atom stereocenters. The van der Waals surface area contributed by atoms with Gasteiger partial charge in [-0.25, -0.2) is 4.98 Å². The van der Waals surface area contributed by atoms with Gasteiger partial charge in [-0.3, -0.25) is 0 Å². The minimum Gasteiger partial charge on any atom is -0.493 e. The van der Waals surface area contributed by atoms with Gasteiger partial charge in [0.15, 0.2) is 11.5 Å². The van der Waals surface area contributed by atoms with Crippen LogP contribution in [0.1, 0.15) is 48.9 Å². The van der Waals surface area contributed by atoms with Crippen molar-refractivity contribution in [3.8, 4) is 11.5 Å². The van der Waals surface area contributed by atoms with Crippen LogP contribution < -0.4 is 14.8 Å². The summed E-state index contributed by atoms with van der Waals surface area (Å²) in [4.78, 5) is 6.81. The van der Waals surface area contributed by atoms with E-state index < -0.39 is 6.10 Å². The number of piperidine rings is 1. The van der Waals surface area contributed by atoms with E-state index in [0.29, 0.717) is 30.5 Å². The van der Waals surface area contributed by atoms with E-state index >= 15 is 0 Å². The number of benzene rings is 1. The average molecular weight is 450 g/mol. The van der Waals surface area contributed by atoms with Gasteiger partial charge in [0, 0.05) is 44.0 Å². The number of thiazole rings is 1. The standard InChI is InChI=1S/C23H35N3O4S/c1-16(2)23-25-18(15-31-23)12-24-11-17-4-5-21(22(10-17)29-3)30-14-20(28)13-26-8-6-19(27)7-9-26/h4-5,10,15-16,19-20,24,27-28H,6-9,11-14H2,1-3H3/t20-/m1/s1. The lowest BCUT2D eigenvalue weighted by Crippen LogP contribution is -2.41. The number of hydrogen-bond donors (Lipinski definition) is 3. The molecule has 3 N–H and O–H groups in total. The van der Waals surface area contributed by atoms with Crippen molar-refractivity contribution in [3.63, 3.8) is 0 Å². The van der Waals surface area contributed by atoms with Crippen LogP contribution >= 0.6 is 11.3 Å². The maximum absolute atomic E-state index is 10.3. The molecule has 0 unspecified atom stereocenters. The van der Waals surface area contributed by atoms with Crippen molar-refractivity contribution in [3.05, 3.63) is 39.8 Å². The van der Waals surface area contributed by atoms with Crippen LogP contribution in [0.15, 0.2) is 23.6 Å². The Labute approximate surface area is 189 Å². The first-order chi connectivity index (χ1) is 14.9. The van der Waals surface area contributed by atoms with E-state index in [2.05, 4.69) is 34.4 Å². The second kappa shape index (κ2) is 11.8. The van der Waals surface area contributed by atoms with E-state index in [1.54, 1.807) is 18.4 Å².